The van der Waals surface area contributed by atoms with E-state index in [-0.39, 0.29) is 0 Å². The SMILES string of the molecule is CCC(NCc1ccncc1Cl)C(C)C. The van der Waals surface area contributed by atoms with Crippen LogP contribution in [0.5, 0.6) is 0 Å². The summed E-state index contributed by atoms with van der Waals surface area (Å²) >= 11 is 6.03. The van der Waals surface area contributed by atoms with E-state index in [1.165, 1.54) is 0 Å². The number of hydrogen-bond donors (Lipinski definition) is 1. The second-order valence-corrected chi connectivity index (χ2v) is 4.51. The Balaban J connectivity index is 2.53. The summed E-state index contributed by atoms with van der Waals surface area (Å²) in [6, 6.07) is 2.51. The molecule has 1 heterocycles. The molecule has 0 aliphatic carbocycles. The molecule has 1 unspecified atom stereocenters. The second kappa shape index (κ2) is 6.09. The fraction of sp³-hybridized carbons (Fsp3) is 0.583. The van der Waals surface area contributed by atoms with Crippen molar-refractivity contribution in [2.24, 2.45) is 5.92 Å². The van der Waals surface area contributed by atoms with Gasteiger partial charge in [0.2, 0.25) is 0 Å². The van der Waals surface area contributed by atoms with Crippen LogP contribution in [0, 0.1) is 5.92 Å². The average Bonchev–Trinajstić information content (AvgIpc) is 2.21. The van der Waals surface area contributed by atoms with Gasteiger partial charge in [-0.15, -0.1) is 0 Å². The van der Waals surface area contributed by atoms with E-state index in [0.29, 0.717) is 12.0 Å². The first kappa shape index (κ1) is 12.5. The van der Waals surface area contributed by atoms with E-state index in [1.54, 1.807) is 12.4 Å². The molecule has 1 aromatic rings. The van der Waals surface area contributed by atoms with Gasteiger partial charge < -0.3 is 5.32 Å². The van der Waals surface area contributed by atoms with Crippen LogP contribution in [0.1, 0.15) is 32.8 Å². The summed E-state index contributed by atoms with van der Waals surface area (Å²) in [6.07, 6.45) is 4.61. The first-order valence-corrected chi connectivity index (χ1v) is 5.84. The normalized spacial score (nSPS) is 13.1. The summed E-state index contributed by atoms with van der Waals surface area (Å²) < 4.78 is 0. The minimum absolute atomic E-state index is 0.550. The highest BCUT2D eigenvalue weighted by molar-refractivity contribution is 6.31. The lowest BCUT2D eigenvalue weighted by molar-refractivity contribution is 0.387. The molecule has 1 rings (SSSR count). The van der Waals surface area contributed by atoms with E-state index in [4.69, 9.17) is 11.6 Å². The Hall–Kier alpha value is -0.600. The molecule has 0 saturated heterocycles. The Morgan fingerprint density at radius 2 is 2.20 bits per heavy atom. The van der Waals surface area contributed by atoms with Crippen LogP contribution in [0.3, 0.4) is 0 Å². The van der Waals surface area contributed by atoms with Crippen molar-refractivity contribution in [3.05, 3.63) is 29.0 Å². The molecule has 84 valence electrons. The average molecular weight is 227 g/mol. The quantitative estimate of drug-likeness (QED) is 0.834. The number of halogens is 1. The van der Waals surface area contributed by atoms with Crippen LogP contribution < -0.4 is 5.32 Å². The number of pyridine rings is 1. The Kier molecular flexibility index (Phi) is 5.06. The standard InChI is InChI=1S/C12H19ClN2/c1-4-12(9(2)3)15-7-10-5-6-14-8-11(10)13/h5-6,8-9,12,15H,4,7H2,1-3H3. The van der Waals surface area contributed by atoms with Crippen molar-refractivity contribution in [1.29, 1.82) is 0 Å². The van der Waals surface area contributed by atoms with Crippen molar-refractivity contribution in [2.75, 3.05) is 0 Å². The van der Waals surface area contributed by atoms with Crippen LogP contribution in [0.2, 0.25) is 5.02 Å². The predicted molar refractivity (Wildman–Crippen MR) is 65.0 cm³/mol. The first-order valence-electron chi connectivity index (χ1n) is 5.47. The number of nitrogens with zero attached hydrogens (tertiary/aromatic N) is 1. The highest BCUT2D eigenvalue weighted by Gasteiger charge is 2.10. The molecule has 0 amide bonds. The summed E-state index contributed by atoms with van der Waals surface area (Å²) in [7, 11) is 0. The van der Waals surface area contributed by atoms with E-state index < -0.39 is 0 Å². The zero-order valence-corrected chi connectivity index (χ0v) is 10.4. The van der Waals surface area contributed by atoms with Crippen LogP contribution in [-0.2, 0) is 6.54 Å². The maximum atomic E-state index is 6.03. The van der Waals surface area contributed by atoms with Crippen LogP contribution in [0.25, 0.3) is 0 Å². The van der Waals surface area contributed by atoms with Crippen LogP contribution in [0.15, 0.2) is 18.5 Å². The Labute approximate surface area is 97.1 Å². The third-order valence-corrected chi connectivity index (χ3v) is 3.00. The minimum Gasteiger partial charge on any atom is -0.310 e. The highest BCUT2D eigenvalue weighted by Crippen LogP contribution is 2.14. The molecule has 1 aromatic heterocycles. The Morgan fingerprint density at radius 3 is 2.73 bits per heavy atom. The lowest BCUT2D eigenvalue weighted by atomic mass is 10.0. The molecule has 1 atom stereocenters. The van der Waals surface area contributed by atoms with Gasteiger partial charge in [-0.1, -0.05) is 32.4 Å². The maximum absolute atomic E-state index is 6.03. The van der Waals surface area contributed by atoms with Crippen molar-refractivity contribution < 1.29 is 0 Å². The summed E-state index contributed by atoms with van der Waals surface area (Å²) in [5.74, 6) is 0.649. The smallest absolute Gasteiger partial charge is 0.0634 e. The first-order chi connectivity index (χ1) is 7.15. The van der Waals surface area contributed by atoms with Gasteiger partial charge in [-0.05, 0) is 24.0 Å². The van der Waals surface area contributed by atoms with Crippen LogP contribution >= 0.6 is 11.6 Å². The highest BCUT2D eigenvalue weighted by atomic mass is 35.5. The molecule has 0 spiro atoms. The molecular formula is C12H19ClN2. The molecule has 0 saturated carbocycles. The lowest BCUT2D eigenvalue weighted by Crippen LogP contribution is -2.32. The molecule has 0 aromatic carbocycles. The van der Waals surface area contributed by atoms with Crippen molar-refractivity contribution in [1.82, 2.24) is 10.3 Å². The van der Waals surface area contributed by atoms with E-state index in [2.05, 4.69) is 31.1 Å². The third-order valence-electron chi connectivity index (χ3n) is 2.66. The zero-order chi connectivity index (χ0) is 11.3. The van der Waals surface area contributed by atoms with Gasteiger partial charge in [-0.3, -0.25) is 4.98 Å². The van der Waals surface area contributed by atoms with Crippen molar-refractivity contribution in [3.63, 3.8) is 0 Å². The number of hydrogen-bond acceptors (Lipinski definition) is 2. The molecule has 3 heteroatoms. The Morgan fingerprint density at radius 1 is 1.47 bits per heavy atom. The molecule has 1 N–H and O–H groups in total. The summed E-state index contributed by atoms with van der Waals surface area (Å²) in [5, 5.41) is 4.25. The second-order valence-electron chi connectivity index (χ2n) is 4.11. The summed E-state index contributed by atoms with van der Waals surface area (Å²) in [4.78, 5) is 3.97. The molecule has 0 fully saturated rings. The maximum Gasteiger partial charge on any atom is 0.0634 e. The van der Waals surface area contributed by atoms with Crippen molar-refractivity contribution in [2.45, 2.75) is 39.8 Å². The molecule has 0 aliphatic rings. The van der Waals surface area contributed by atoms with Crippen LogP contribution in [-0.4, -0.2) is 11.0 Å². The molecule has 0 bridgehead atoms. The summed E-state index contributed by atoms with van der Waals surface area (Å²) in [6.45, 7) is 7.48. The largest absolute Gasteiger partial charge is 0.310 e. The van der Waals surface area contributed by atoms with Gasteiger partial charge in [0.05, 0.1) is 5.02 Å². The van der Waals surface area contributed by atoms with Gasteiger partial charge in [0.25, 0.3) is 0 Å². The lowest BCUT2D eigenvalue weighted by Gasteiger charge is -2.20. The van der Waals surface area contributed by atoms with E-state index in [0.717, 1.165) is 23.6 Å². The number of rotatable bonds is 5. The summed E-state index contributed by atoms with van der Waals surface area (Å²) in [5.41, 5.74) is 1.12. The molecule has 15 heavy (non-hydrogen) atoms. The number of aromatic nitrogens is 1. The van der Waals surface area contributed by atoms with Gasteiger partial charge >= 0.3 is 0 Å². The van der Waals surface area contributed by atoms with Gasteiger partial charge in [-0.2, -0.15) is 0 Å². The molecular weight excluding hydrogens is 208 g/mol. The predicted octanol–water partition coefficient (Wildman–Crippen LogP) is 3.26. The monoisotopic (exact) mass is 226 g/mol. The van der Waals surface area contributed by atoms with E-state index >= 15 is 0 Å². The van der Waals surface area contributed by atoms with Crippen molar-refractivity contribution in [3.8, 4) is 0 Å². The molecule has 0 aliphatic heterocycles. The van der Waals surface area contributed by atoms with Gasteiger partial charge in [-0.25, -0.2) is 0 Å². The van der Waals surface area contributed by atoms with Gasteiger partial charge in [0.15, 0.2) is 0 Å². The number of nitrogens with one attached hydrogen (secondary N) is 1. The minimum atomic E-state index is 0.550. The fourth-order valence-corrected chi connectivity index (χ4v) is 1.83. The van der Waals surface area contributed by atoms with Gasteiger partial charge in [0, 0.05) is 25.0 Å². The fourth-order valence-electron chi connectivity index (χ4n) is 1.64. The third kappa shape index (κ3) is 3.80. The molecule has 2 nitrogen and oxygen atoms in total. The topological polar surface area (TPSA) is 24.9 Å². The van der Waals surface area contributed by atoms with E-state index in [9.17, 15) is 0 Å². The zero-order valence-electron chi connectivity index (χ0n) is 9.63. The molecule has 0 radical (unpaired) electrons. The van der Waals surface area contributed by atoms with Crippen LogP contribution in [0.4, 0.5) is 0 Å². The Bertz CT molecular complexity index is 299. The van der Waals surface area contributed by atoms with Gasteiger partial charge in [0.1, 0.15) is 0 Å². The van der Waals surface area contributed by atoms with Crippen molar-refractivity contribution >= 4 is 11.6 Å². The van der Waals surface area contributed by atoms with E-state index in [1.807, 2.05) is 6.07 Å².